The molecule has 3 aromatic carbocycles. The van der Waals surface area contributed by atoms with Crippen molar-refractivity contribution in [2.24, 2.45) is 0 Å². The topological polar surface area (TPSA) is 29.5 Å². The van der Waals surface area contributed by atoms with Crippen LogP contribution >= 0.6 is 10.9 Å². The Morgan fingerprint density at radius 3 is 1.39 bits per heavy atom. The molecule has 0 aliphatic rings. The number of alkyl halides is 6. The summed E-state index contributed by atoms with van der Waals surface area (Å²) in [5.74, 6) is -0.216. The molecule has 3 rings (SSSR count). The van der Waals surface area contributed by atoms with E-state index in [1.54, 1.807) is 12.1 Å². The van der Waals surface area contributed by atoms with Crippen LogP contribution in [0.4, 0.5) is 26.3 Å². The van der Waals surface area contributed by atoms with Gasteiger partial charge in [-0.05, 0) is 63.2 Å². The van der Waals surface area contributed by atoms with Crippen molar-refractivity contribution in [3.63, 3.8) is 0 Å². The minimum absolute atomic E-state index is 0.216. The van der Waals surface area contributed by atoms with Crippen LogP contribution in [0.5, 0.6) is 5.75 Å². The van der Waals surface area contributed by atoms with Gasteiger partial charge in [0.15, 0.2) is 0 Å². The van der Waals surface area contributed by atoms with Crippen molar-refractivity contribution in [3.8, 4) is 5.75 Å². The summed E-state index contributed by atoms with van der Waals surface area (Å²) in [5, 5.41) is 9.21. The largest absolute Gasteiger partial charge is 0.490 e. The maximum absolute atomic E-state index is 12.8. The molecule has 166 valence electrons. The second-order valence-electron chi connectivity index (χ2n) is 6.64. The molecule has 0 heterocycles. The maximum Gasteiger partial charge on any atom is 0.429 e. The number of rotatable bonds is 6. The molecule has 0 unspecified atom stereocenters. The van der Waals surface area contributed by atoms with Gasteiger partial charge in [-0.3, -0.25) is 0 Å². The second kappa shape index (κ2) is 8.84. The highest BCUT2D eigenvalue weighted by Crippen LogP contribution is 2.51. The van der Waals surface area contributed by atoms with E-state index in [1.807, 2.05) is 60.7 Å². The molecule has 1 N–H and O–H groups in total. The van der Waals surface area contributed by atoms with Crippen molar-refractivity contribution in [3.05, 3.63) is 84.9 Å². The maximum atomic E-state index is 12.8. The van der Waals surface area contributed by atoms with Gasteiger partial charge in [0.2, 0.25) is 0 Å². The summed E-state index contributed by atoms with van der Waals surface area (Å²) < 4.78 is 81.5. The summed E-state index contributed by atoms with van der Waals surface area (Å²) in [6.45, 7) is -1.99. The summed E-state index contributed by atoms with van der Waals surface area (Å²) in [6, 6.07) is 24.9. The number of hydrogen-bond donors (Lipinski definition) is 2. The Bertz CT molecular complexity index is 919. The molecule has 0 amide bonds. The Morgan fingerprint density at radius 1 is 0.613 bits per heavy atom. The molecule has 0 spiro atoms. The van der Waals surface area contributed by atoms with Gasteiger partial charge >= 0.3 is 12.4 Å². The molecule has 0 aliphatic carbocycles. The smallest absolute Gasteiger partial charge is 0.429 e. The molecule has 0 aliphatic heterocycles. The van der Waals surface area contributed by atoms with Crippen molar-refractivity contribution >= 4 is 10.9 Å². The normalized spacial score (nSPS) is 13.1. The number of benzene rings is 3. The Labute approximate surface area is 177 Å². The van der Waals surface area contributed by atoms with Crippen molar-refractivity contribution in [2.75, 3.05) is 6.61 Å². The lowest BCUT2D eigenvalue weighted by Gasteiger charge is -2.31. The number of ether oxygens (including phenoxy) is 1. The molecule has 0 aromatic heterocycles. The van der Waals surface area contributed by atoms with E-state index in [0.29, 0.717) is 0 Å². The van der Waals surface area contributed by atoms with Gasteiger partial charge in [0.1, 0.15) is 12.4 Å². The molecular formula is C22H18F6O2S. The van der Waals surface area contributed by atoms with Crippen LogP contribution in [-0.4, -0.2) is 29.7 Å². The summed E-state index contributed by atoms with van der Waals surface area (Å²) >= 11 is 0. The molecule has 0 saturated carbocycles. The molecule has 0 radical (unpaired) electrons. The number of thiol groups is 1. The highest BCUT2D eigenvalue weighted by atomic mass is 32.2. The average molecular weight is 460 g/mol. The summed E-state index contributed by atoms with van der Waals surface area (Å²) in [5.41, 5.74) is -4.96. The fraction of sp³-hybridized carbons (Fsp3) is 0.182. The molecule has 9 heteroatoms. The number of halogens is 6. The zero-order valence-corrected chi connectivity index (χ0v) is 16.8. The van der Waals surface area contributed by atoms with Gasteiger partial charge in [-0.1, -0.05) is 36.4 Å². The van der Waals surface area contributed by atoms with E-state index >= 15 is 0 Å². The van der Waals surface area contributed by atoms with Crippen LogP contribution in [-0.2, 0) is 0 Å². The van der Waals surface area contributed by atoms with E-state index in [0.717, 1.165) is 14.7 Å². The van der Waals surface area contributed by atoms with Crippen LogP contribution in [0.2, 0.25) is 0 Å². The van der Waals surface area contributed by atoms with Gasteiger partial charge in [0, 0.05) is 0 Å². The van der Waals surface area contributed by atoms with Gasteiger partial charge < -0.3 is 9.84 Å². The van der Waals surface area contributed by atoms with Gasteiger partial charge in [0.05, 0.1) is 0 Å². The van der Waals surface area contributed by atoms with Crippen LogP contribution in [0.3, 0.4) is 0 Å². The van der Waals surface area contributed by atoms with E-state index in [-0.39, 0.29) is 5.75 Å². The molecule has 0 fully saturated rings. The van der Waals surface area contributed by atoms with Gasteiger partial charge in [0.25, 0.3) is 5.60 Å². The van der Waals surface area contributed by atoms with Gasteiger partial charge in [-0.15, -0.1) is 0 Å². The van der Waals surface area contributed by atoms with Crippen molar-refractivity contribution in [2.45, 2.75) is 32.6 Å². The van der Waals surface area contributed by atoms with E-state index in [2.05, 4.69) is 4.74 Å². The predicted octanol–water partition coefficient (Wildman–Crippen LogP) is 6.40. The Balaban J connectivity index is 1.86. The minimum atomic E-state index is -5.93. The van der Waals surface area contributed by atoms with Gasteiger partial charge in [-0.25, -0.2) is 0 Å². The van der Waals surface area contributed by atoms with Crippen molar-refractivity contribution in [1.29, 1.82) is 0 Å². The van der Waals surface area contributed by atoms with E-state index in [1.165, 1.54) is 12.1 Å². The average Bonchev–Trinajstić information content (AvgIpc) is 2.73. The summed E-state index contributed by atoms with van der Waals surface area (Å²) in [7, 11) is -0.992. The summed E-state index contributed by atoms with van der Waals surface area (Å²) in [6.07, 6.45) is -11.9. The predicted molar refractivity (Wildman–Crippen MR) is 106 cm³/mol. The lowest BCUT2D eigenvalue weighted by atomic mass is 10.0. The molecule has 0 bridgehead atoms. The Kier molecular flexibility index (Phi) is 6.56. The molecule has 0 atom stereocenters. The van der Waals surface area contributed by atoms with Crippen molar-refractivity contribution < 1.29 is 36.2 Å². The van der Waals surface area contributed by atoms with Crippen LogP contribution in [0, 0.1) is 0 Å². The van der Waals surface area contributed by atoms with E-state index < -0.39 is 35.5 Å². The van der Waals surface area contributed by atoms with Crippen LogP contribution in [0.1, 0.15) is 0 Å². The number of hydrogen-bond acceptors (Lipinski definition) is 2. The molecule has 31 heavy (non-hydrogen) atoms. The first-order chi connectivity index (χ1) is 14.5. The van der Waals surface area contributed by atoms with Crippen LogP contribution in [0.15, 0.2) is 99.6 Å². The minimum Gasteiger partial charge on any atom is -0.490 e. The second-order valence-corrected chi connectivity index (χ2v) is 8.86. The van der Waals surface area contributed by atoms with Crippen molar-refractivity contribution in [1.82, 2.24) is 0 Å². The molecule has 3 aromatic rings. The van der Waals surface area contributed by atoms with E-state index in [4.69, 9.17) is 0 Å². The fourth-order valence-electron chi connectivity index (χ4n) is 2.80. The first-order valence-electron chi connectivity index (χ1n) is 9.02. The lowest BCUT2D eigenvalue weighted by molar-refractivity contribution is -0.373. The zero-order chi connectivity index (χ0) is 22.7. The quantitative estimate of drug-likeness (QED) is 0.329. The standard InChI is InChI=1S/C22H18F6O2S/c23-21(24,25)20(29,22(26,27)28)15-30-16-11-13-19(14-12-16)31(17-7-3-1-4-8-17)18-9-5-2-6-10-18/h1-14,29,31H,15H2. The Hall–Kier alpha value is -2.65. The third-order valence-corrected chi connectivity index (χ3v) is 6.95. The molecular weight excluding hydrogens is 442 g/mol. The van der Waals surface area contributed by atoms with E-state index in [9.17, 15) is 31.4 Å². The highest BCUT2D eigenvalue weighted by molar-refractivity contribution is 8.17. The fourth-order valence-corrected chi connectivity index (χ4v) is 5.09. The third kappa shape index (κ3) is 4.99. The first-order valence-corrected chi connectivity index (χ1v) is 10.4. The molecule has 0 saturated heterocycles. The number of aliphatic hydroxyl groups is 1. The monoisotopic (exact) mass is 460 g/mol. The Morgan fingerprint density at radius 2 is 1.00 bits per heavy atom. The highest BCUT2D eigenvalue weighted by Gasteiger charge is 2.71. The van der Waals surface area contributed by atoms with Gasteiger partial charge in [-0.2, -0.15) is 37.2 Å². The SMILES string of the molecule is OC(COc1ccc([SH](c2ccccc2)c2ccccc2)cc1)(C(F)(F)F)C(F)(F)F. The third-order valence-electron chi connectivity index (χ3n) is 4.51. The van der Waals surface area contributed by atoms with Crippen LogP contribution in [0.25, 0.3) is 0 Å². The molecule has 2 nitrogen and oxygen atoms in total. The lowest BCUT2D eigenvalue weighted by Crippen LogP contribution is -2.60. The zero-order valence-electron chi connectivity index (χ0n) is 15.9. The summed E-state index contributed by atoms with van der Waals surface area (Å²) in [4.78, 5) is 2.89. The first kappa shape index (κ1) is 23.0. The van der Waals surface area contributed by atoms with Crippen LogP contribution < -0.4 is 4.74 Å².